The van der Waals surface area contributed by atoms with Crippen LogP contribution >= 0.6 is 15.9 Å². The van der Waals surface area contributed by atoms with Crippen molar-refractivity contribution < 1.29 is 14.3 Å². The number of amides is 1. The van der Waals surface area contributed by atoms with Gasteiger partial charge in [-0.1, -0.05) is 34.8 Å². The van der Waals surface area contributed by atoms with Gasteiger partial charge in [0.1, 0.15) is 6.54 Å². The van der Waals surface area contributed by atoms with Crippen molar-refractivity contribution in [3.05, 3.63) is 33.8 Å². The monoisotopic (exact) mass is 353 g/mol. The molecule has 0 bridgehead atoms. The standard InChI is InChI=1S/C16H20BrNO3/c1-11-7-8-12(17)9-14(11)16(20)18(10-15(19)21-2)13-5-3-4-6-13/h7-9,13H,3-6,10H2,1-2H3. The smallest absolute Gasteiger partial charge is 0.325 e. The van der Waals surface area contributed by atoms with Gasteiger partial charge in [0.25, 0.3) is 5.91 Å². The molecule has 1 amide bonds. The van der Waals surface area contributed by atoms with E-state index in [0.29, 0.717) is 5.56 Å². The lowest BCUT2D eigenvalue weighted by molar-refractivity contribution is -0.141. The molecule has 1 aromatic rings. The summed E-state index contributed by atoms with van der Waals surface area (Å²) < 4.78 is 5.60. The number of benzene rings is 1. The molecule has 1 saturated carbocycles. The van der Waals surface area contributed by atoms with Crippen LogP contribution in [0.4, 0.5) is 0 Å². The van der Waals surface area contributed by atoms with Gasteiger partial charge < -0.3 is 9.64 Å². The number of halogens is 1. The molecule has 1 fully saturated rings. The molecular weight excluding hydrogens is 334 g/mol. The van der Waals surface area contributed by atoms with Gasteiger partial charge in [0.2, 0.25) is 0 Å². The molecule has 21 heavy (non-hydrogen) atoms. The fourth-order valence-corrected chi connectivity index (χ4v) is 3.13. The number of carbonyl (C=O) groups excluding carboxylic acids is 2. The topological polar surface area (TPSA) is 46.6 Å². The number of esters is 1. The molecule has 5 heteroatoms. The molecule has 4 nitrogen and oxygen atoms in total. The second kappa shape index (κ2) is 7.07. The van der Waals surface area contributed by atoms with Crippen molar-refractivity contribution in [1.82, 2.24) is 4.90 Å². The summed E-state index contributed by atoms with van der Waals surface area (Å²) in [6.07, 6.45) is 4.12. The maximum Gasteiger partial charge on any atom is 0.325 e. The Morgan fingerprint density at radius 1 is 1.33 bits per heavy atom. The van der Waals surface area contributed by atoms with Crippen LogP contribution in [-0.2, 0) is 9.53 Å². The summed E-state index contributed by atoms with van der Waals surface area (Å²) in [4.78, 5) is 26.2. The molecule has 1 aliphatic carbocycles. The minimum atomic E-state index is -0.372. The van der Waals surface area contributed by atoms with Gasteiger partial charge >= 0.3 is 5.97 Å². The second-order valence-electron chi connectivity index (χ2n) is 5.41. The first-order valence-electron chi connectivity index (χ1n) is 7.17. The van der Waals surface area contributed by atoms with Gasteiger partial charge in [-0.2, -0.15) is 0 Å². The molecule has 0 heterocycles. The largest absolute Gasteiger partial charge is 0.468 e. The Morgan fingerprint density at radius 3 is 2.62 bits per heavy atom. The minimum Gasteiger partial charge on any atom is -0.468 e. The summed E-state index contributed by atoms with van der Waals surface area (Å²) in [6, 6.07) is 5.76. The molecule has 0 aliphatic heterocycles. The highest BCUT2D eigenvalue weighted by Gasteiger charge is 2.30. The predicted molar refractivity (Wildman–Crippen MR) is 84.2 cm³/mol. The number of aryl methyl sites for hydroxylation is 1. The van der Waals surface area contributed by atoms with E-state index in [9.17, 15) is 9.59 Å². The highest BCUT2D eigenvalue weighted by molar-refractivity contribution is 9.10. The first-order chi connectivity index (χ1) is 10.0. The molecule has 114 valence electrons. The number of rotatable bonds is 4. The van der Waals surface area contributed by atoms with Crippen molar-refractivity contribution in [1.29, 1.82) is 0 Å². The Hall–Kier alpha value is -1.36. The molecule has 0 radical (unpaired) electrons. The zero-order chi connectivity index (χ0) is 15.4. The summed E-state index contributed by atoms with van der Waals surface area (Å²) in [6.45, 7) is 1.93. The summed E-state index contributed by atoms with van der Waals surface area (Å²) in [5, 5.41) is 0. The Morgan fingerprint density at radius 2 is 2.00 bits per heavy atom. The van der Waals surface area contributed by atoms with Crippen molar-refractivity contribution >= 4 is 27.8 Å². The van der Waals surface area contributed by atoms with Crippen LogP contribution in [0, 0.1) is 6.92 Å². The number of hydrogen-bond donors (Lipinski definition) is 0. The zero-order valence-electron chi connectivity index (χ0n) is 12.4. The molecular formula is C16H20BrNO3. The quantitative estimate of drug-likeness (QED) is 0.780. The third-order valence-corrected chi connectivity index (χ3v) is 4.48. The van der Waals surface area contributed by atoms with E-state index >= 15 is 0 Å². The molecule has 0 saturated heterocycles. The lowest BCUT2D eigenvalue weighted by Crippen LogP contribution is -2.42. The van der Waals surface area contributed by atoms with Crippen LogP contribution in [0.5, 0.6) is 0 Å². The van der Waals surface area contributed by atoms with Crippen LogP contribution in [0.2, 0.25) is 0 Å². The van der Waals surface area contributed by atoms with Crippen LogP contribution in [0.1, 0.15) is 41.6 Å². The SMILES string of the molecule is COC(=O)CN(C(=O)c1cc(Br)ccc1C)C1CCCC1. The Labute approximate surface area is 133 Å². The average molecular weight is 354 g/mol. The van der Waals surface area contributed by atoms with Gasteiger partial charge in [-0.3, -0.25) is 9.59 Å². The van der Waals surface area contributed by atoms with Crippen LogP contribution in [0.25, 0.3) is 0 Å². The van der Waals surface area contributed by atoms with E-state index in [2.05, 4.69) is 15.9 Å². The summed E-state index contributed by atoms with van der Waals surface area (Å²) in [5.41, 5.74) is 1.55. The fraction of sp³-hybridized carbons (Fsp3) is 0.500. The molecule has 1 aromatic carbocycles. The van der Waals surface area contributed by atoms with Crippen molar-refractivity contribution in [2.45, 2.75) is 38.6 Å². The van der Waals surface area contributed by atoms with Crippen LogP contribution < -0.4 is 0 Å². The molecule has 0 spiro atoms. The molecule has 2 rings (SSSR count). The van der Waals surface area contributed by atoms with E-state index in [1.165, 1.54) is 7.11 Å². The number of carbonyl (C=O) groups is 2. The maximum atomic E-state index is 12.9. The second-order valence-corrected chi connectivity index (χ2v) is 6.32. The Kier molecular flexibility index (Phi) is 5.39. The van der Waals surface area contributed by atoms with Gasteiger partial charge in [0, 0.05) is 16.1 Å². The lowest BCUT2D eigenvalue weighted by atomic mass is 10.1. The van der Waals surface area contributed by atoms with Gasteiger partial charge in [0.15, 0.2) is 0 Å². The van der Waals surface area contributed by atoms with Crippen molar-refractivity contribution in [3.63, 3.8) is 0 Å². The van der Waals surface area contributed by atoms with Gasteiger partial charge in [-0.25, -0.2) is 0 Å². The van der Waals surface area contributed by atoms with Crippen LogP contribution in [-0.4, -0.2) is 36.5 Å². The first-order valence-corrected chi connectivity index (χ1v) is 7.96. The van der Waals surface area contributed by atoms with Gasteiger partial charge in [0.05, 0.1) is 7.11 Å². The van der Waals surface area contributed by atoms with E-state index in [-0.39, 0.29) is 24.5 Å². The lowest BCUT2D eigenvalue weighted by Gasteiger charge is -2.28. The summed E-state index contributed by atoms with van der Waals surface area (Å²) in [7, 11) is 1.35. The average Bonchev–Trinajstić information content (AvgIpc) is 3.00. The van der Waals surface area contributed by atoms with E-state index in [0.717, 1.165) is 35.7 Å². The van der Waals surface area contributed by atoms with E-state index in [1.807, 2.05) is 25.1 Å². The van der Waals surface area contributed by atoms with E-state index in [4.69, 9.17) is 4.74 Å². The summed E-state index contributed by atoms with van der Waals surface area (Å²) >= 11 is 3.40. The minimum absolute atomic E-state index is 0.0198. The molecule has 0 aromatic heterocycles. The number of methoxy groups -OCH3 is 1. The van der Waals surface area contributed by atoms with Crippen molar-refractivity contribution in [3.8, 4) is 0 Å². The fourth-order valence-electron chi connectivity index (χ4n) is 2.77. The maximum absolute atomic E-state index is 12.9. The molecule has 1 aliphatic rings. The van der Waals surface area contributed by atoms with Gasteiger partial charge in [-0.05, 0) is 37.5 Å². The van der Waals surface area contributed by atoms with E-state index in [1.54, 1.807) is 4.90 Å². The number of ether oxygens (including phenoxy) is 1. The van der Waals surface area contributed by atoms with Crippen molar-refractivity contribution in [2.75, 3.05) is 13.7 Å². The molecule has 0 unspecified atom stereocenters. The van der Waals surface area contributed by atoms with Crippen LogP contribution in [0.3, 0.4) is 0 Å². The third kappa shape index (κ3) is 3.84. The summed E-state index contributed by atoms with van der Waals surface area (Å²) in [5.74, 6) is -0.464. The Bertz CT molecular complexity index is 538. The molecule has 0 atom stereocenters. The Balaban J connectivity index is 2.28. The first kappa shape index (κ1) is 16.0. The zero-order valence-corrected chi connectivity index (χ0v) is 14.0. The highest BCUT2D eigenvalue weighted by Crippen LogP contribution is 2.26. The molecule has 0 N–H and O–H groups in total. The van der Waals surface area contributed by atoms with E-state index < -0.39 is 0 Å². The van der Waals surface area contributed by atoms with Crippen molar-refractivity contribution in [2.24, 2.45) is 0 Å². The predicted octanol–water partition coefficient (Wildman–Crippen LogP) is 3.32. The number of hydrogen-bond acceptors (Lipinski definition) is 3. The highest BCUT2D eigenvalue weighted by atomic mass is 79.9. The normalized spacial score (nSPS) is 15.0. The van der Waals surface area contributed by atoms with Crippen LogP contribution in [0.15, 0.2) is 22.7 Å². The van der Waals surface area contributed by atoms with Gasteiger partial charge in [-0.15, -0.1) is 0 Å². The number of nitrogens with zero attached hydrogens (tertiary/aromatic N) is 1. The third-order valence-electron chi connectivity index (χ3n) is 3.98.